The van der Waals surface area contributed by atoms with E-state index < -0.39 is 0 Å². The van der Waals surface area contributed by atoms with E-state index in [1.54, 1.807) is 24.3 Å². The molecule has 1 aromatic carbocycles. The number of anilines is 1. The molecule has 2 aromatic rings. The molecule has 1 fully saturated rings. The van der Waals surface area contributed by atoms with Crippen molar-refractivity contribution in [3.63, 3.8) is 0 Å². The van der Waals surface area contributed by atoms with Crippen molar-refractivity contribution in [2.24, 2.45) is 0 Å². The summed E-state index contributed by atoms with van der Waals surface area (Å²) in [7, 11) is 0. The summed E-state index contributed by atoms with van der Waals surface area (Å²) in [5, 5.41) is 20.0. The first-order chi connectivity index (χ1) is 10.2. The van der Waals surface area contributed by atoms with Crippen molar-refractivity contribution in [1.29, 1.82) is 0 Å². The van der Waals surface area contributed by atoms with Gasteiger partial charge >= 0.3 is 0 Å². The molecule has 3 N–H and O–H groups in total. The summed E-state index contributed by atoms with van der Waals surface area (Å²) in [6, 6.07) is 8.63. The Hall–Kier alpha value is -2.34. The van der Waals surface area contributed by atoms with Gasteiger partial charge in [0.05, 0.1) is 11.7 Å². The van der Waals surface area contributed by atoms with Gasteiger partial charge in [0, 0.05) is 12.7 Å². The molecule has 0 saturated carbocycles. The van der Waals surface area contributed by atoms with Crippen molar-refractivity contribution in [1.82, 2.24) is 15.1 Å². The normalized spacial score (nSPS) is 18.4. The molecule has 1 unspecified atom stereocenters. The average Bonchev–Trinajstić information content (AvgIpc) is 3.00. The second-order valence-corrected chi connectivity index (χ2v) is 5.15. The van der Waals surface area contributed by atoms with Crippen LogP contribution in [-0.2, 0) is 0 Å². The minimum atomic E-state index is -0.320. The standard InChI is InChI=1S/C15H18N4O2/c20-14-6-2-1-5-12(14)17-15(21)13-7-9-19(18-13)11-4-3-8-16-10-11/h1-2,5-7,9,11,16,20H,3-4,8,10H2,(H,17,21). The zero-order valence-corrected chi connectivity index (χ0v) is 11.6. The fourth-order valence-electron chi connectivity index (χ4n) is 2.49. The van der Waals surface area contributed by atoms with Crippen molar-refractivity contribution in [3.05, 3.63) is 42.2 Å². The third-order valence-corrected chi connectivity index (χ3v) is 3.64. The minimum Gasteiger partial charge on any atom is -0.506 e. The highest BCUT2D eigenvalue weighted by Gasteiger charge is 2.18. The smallest absolute Gasteiger partial charge is 0.276 e. The number of para-hydroxylation sites is 2. The number of aromatic hydroxyl groups is 1. The summed E-state index contributed by atoms with van der Waals surface area (Å²) in [6.45, 7) is 1.92. The van der Waals surface area contributed by atoms with Gasteiger partial charge in [-0.2, -0.15) is 5.10 Å². The van der Waals surface area contributed by atoms with Crippen LogP contribution in [0.5, 0.6) is 5.75 Å². The number of phenols is 1. The predicted octanol–water partition coefficient (Wildman–Crippen LogP) is 1.77. The Morgan fingerprint density at radius 2 is 2.24 bits per heavy atom. The van der Waals surface area contributed by atoms with Crippen LogP contribution in [0.2, 0.25) is 0 Å². The number of benzene rings is 1. The topological polar surface area (TPSA) is 79.2 Å². The minimum absolute atomic E-state index is 0.0433. The molecule has 1 aliphatic heterocycles. The molecule has 0 spiro atoms. The number of phenolic OH excluding ortho intramolecular Hbond substituents is 1. The van der Waals surface area contributed by atoms with Gasteiger partial charge in [-0.1, -0.05) is 12.1 Å². The molecule has 6 heteroatoms. The van der Waals surface area contributed by atoms with Gasteiger partial charge in [0.2, 0.25) is 0 Å². The lowest BCUT2D eigenvalue weighted by atomic mass is 10.1. The lowest BCUT2D eigenvalue weighted by Gasteiger charge is -2.22. The second kappa shape index (κ2) is 5.97. The molecular weight excluding hydrogens is 268 g/mol. The van der Waals surface area contributed by atoms with Gasteiger partial charge in [-0.15, -0.1) is 0 Å². The Morgan fingerprint density at radius 1 is 1.38 bits per heavy atom. The Bertz CT molecular complexity index is 632. The molecule has 0 aliphatic carbocycles. The van der Waals surface area contributed by atoms with E-state index in [9.17, 15) is 9.90 Å². The summed E-state index contributed by atoms with van der Waals surface area (Å²) < 4.78 is 1.84. The molecule has 1 aromatic heterocycles. The molecule has 1 atom stereocenters. The molecule has 2 heterocycles. The van der Waals surface area contributed by atoms with Crippen LogP contribution in [0, 0.1) is 0 Å². The van der Waals surface area contributed by atoms with Crippen molar-refractivity contribution in [2.75, 3.05) is 18.4 Å². The molecule has 110 valence electrons. The second-order valence-electron chi connectivity index (χ2n) is 5.15. The first kappa shape index (κ1) is 13.6. The van der Waals surface area contributed by atoms with Gasteiger partial charge in [0.1, 0.15) is 5.75 Å². The molecule has 1 amide bonds. The van der Waals surface area contributed by atoms with Gasteiger partial charge in [-0.25, -0.2) is 0 Å². The van der Waals surface area contributed by atoms with Crippen LogP contribution in [0.15, 0.2) is 36.5 Å². The van der Waals surface area contributed by atoms with Crippen LogP contribution in [0.3, 0.4) is 0 Å². The molecule has 0 bridgehead atoms. The number of piperidine rings is 1. The largest absolute Gasteiger partial charge is 0.506 e. The van der Waals surface area contributed by atoms with Crippen LogP contribution >= 0.6 is 0 Å². The van der Waals surface area contributed by atoms with E-state index in [4.69, 9.17) is 0 Å². The van der Waals surface area contributed by atoms with E-state index in [2.05, 4.69) is 15.7 Å². The Morgan fingerprint density at radius 3 is 3.00 bits per heavy atom. The maximum Gasteiger partial charge on any atom is 0.276 e. The first-order valence-electron chi connectivity index (χ1n) is 7.09. The third kappa shape index (κ3) is 3.05. The number of hydrogen-bond donors (Lipinski definition) is 3. The summed E-state index contributed by atoms with van der Waals surface area (Å²) in [5.74, 6) is -0.277. The van der Waals surface area contributed by atoms with Crippen molar-refractivity contribution in [3.8, 4) is 5.75 Å². The van der Waals surface area contributed by atoms with E-state index in [0.717, 1.165) is 25.9 Å². The Balaban J connectivity index is 1.71. The molecule has 1 aliphatic rings. The number of carbonyl (C=O) groups excluding carboxylic acids is 1. The number of rotatable bonds is 3. The Kier molecular flexibility index (Phi) is 3.87. The zero-order chi connectivity index (χ0) is 14.7. The maximum atomic E-state index is 12.1. The molecule has 0 radical (unpaired) electrons. The zero-order valence-electron chi connectivity index (χ0n) is 11.6. The lowest BCUT2D eigenvalue weighted by molar-refractivity contribution is 0.102. The van der Waals surface area contributed by atoms with Gasteiger partial charge in [0.25, 0.3) is 5.91 Å². The summed E-state index contributed by atoms with van der Waals surface area (Å²) in [5.41, 5.74) is 0.736. The number of carbonyl (C=O) groups is 1. The number of hydrogen-bond acceptors (Lipinski definition) is 4. The van der Waals surface area contributed by atoms with E-state index >= 15 is 0 Å². The fourth-order valence-corrected chi connectivity index (χ4v) is 2.49. The predicted molar refractivity (Wildman–Crippen MR) is 79.4 cm³/mol. The van der Waals surface area contributed by atoms with Crippen LogP contribution in [-0.4, -0.2) is 33.9 Å². The van der Waals surface area contributed by atoms with Crippen LogP contribution in [0.4, 0.5) is 5.69 Å². The van der Waals surface area contributed by atoms with Crippen LogP contribution < -0.4 is 10.6 Å². The van der Waals surface area contributed by atoms with Gasteiger partial charge in [-0.05, 0) is 37.6 Å². The first-order valence-corrected chi connectivity index (χ1v) is 7.09. The number of aromatic nitrogens is 2. The lowest BCUT2D eigenvalue weighted by Crippen LogP contribution is -2.32. The molecule has 21 heavy (non-hydrogen) atoms. The fraction of sp³-hybridized carbons (Fsp3) is 0.333. The van der Waals surface area contributed by atoms with Crippen molar-refractivity contribution < 1.29 is 9.90 Å². The molecule has 1 saturated heterocycles. The highest BCUT2D eigenvalue weighted by Crippen LogP contribution is 2.22. The molecule has 6 nitrogen and oxygen atoms in total. The van der Waals surface area contributed by atoms with Crippen LogP contribution in [0.25, 0.3) is 0 Å². The number of nitrogens with zero attached hydrogens (tertiary/aromatic N) is 2. The van der Waals surface area contributed by atoms with E-state index in [-0.39, 0.29) is 11.7 Å². The van der Waals surface area contributed by atoms with Gasteiger partial charge in [-0.3, -0.25) is 9.48 Å². The monoisotopic (exact) mass is 286 g/mol. The average molecular weight is 286 g/mol. The quantitative estimate of drug-likeness (QED) is 0.751. The van der Waals surface area contributed by atoms with Gasteiger partial charge < -0.3 is 15.7 Å². The third-order valence-electron chi connectivity index (χ3n) is 3.64. The Labute approximate surface area is 122 Å². The van der Waals surface area contributed by atoms with Crippen molar-refractivity contribution >= 4 is 11.6 Å². The number of nitrogens with one attached hydrogen (secondary N) is 2. The highest BCUT2D eigenvalue weighted by molar-refractivity contribution is 6.03. The number of amides is 1. The molecule has 3 rings (SSSR count). The van der Waals surface area contributed by atoms with Crippen molar-refractivity contribution in [2.45, 2.75) is 18.9 Å². The van der Waals surface area contributed by atoms with E-state index in [1.165, 1.54) is 6.07 Å². The molecular formula is C15H18N4O2. The van der Waals surface area contributed by atoms with Crippen LogP contribution in [0.1, 0.15) is 29.4 Å². The summed E-state index contributed by atoms with van der Waals surface area (Å²) in [4.78, 5) is 12.1. The van der Waals surface area contributed by atoms with E-state index in [1.807, 2.05) is 10.9 Å². The summed E-state index contributed by atoms with van der Waals surface area (Å²) >= 11 is 0. The summed E-state index contributed by atoms with van der Waals surface area (Å²) in [6.07, 6.45) is 4.01. The maximum absolute atomic E-state index is 12.1. The highest BCUT2D eigenvalue weighted by atomic mass is 16.3. The SMILES string of the molecule is O=C(Nc1ccccc1O)c1ccn(C2CCCNC2)n1. The van der Waals surface area contributed by atoms with Gasteiger partial charge in [0.15, 0.2) is 5.69 Å². The van der Waals surface area contributed by atoms with E-state index in [0.29, 0.717) is 17.4 Å².